The zero-order valence-corrected chi connectivity index (χ0v) is 16.0. The molecule has 0 atom stereocenters. The van der Waals surface area contributed by atoms with Crippen LogP contribution in [0, 0.1) is 13.8 Å². The van der Waals surface area contributed by atoms with Crippen molar-refractivity contribution in [2.24, 2.45) is 0 Å². The molecule has 1 amide bonds. The van der Waals surface area contributed by atoms with E-state index in [-0.39, 0.29) is 12.3 Å². The fraction of sp³-hybridized carbons (Fsp3) is 0.389. The minimum Gasteiger partial charge on any atom is -0.480 e. The number of rotatable bonds is 5. The molecule has 0 unspecified atom stereocenters. The van der Waals surface area contributed by atoms with Gasteiger partial charge in [0.1, 0.15) is 5.54 Å². The summed E-state index contributed by atoms with van der Waals surface area (Å²) in [5, 5.41) is 17.5. The number of aromatic nitrogens is 2. The van der Waals surface area contributed by atoms with E-state index in [1.807, 2.05) is 13.8 Å². The Kier molecular flexibility index (Phi) is 4.99. The Labute approximate surface area is 161 Å². The second kappa shape index (κ2) is 6.93. The van der Waals surface area contributed by atoms with Crippen molar-refractivity contribution in [2.45, 2.75) is 45.1 Å². The molecule has 2 aromatic rings. The lowest BCUT2D eigenvalue weighted by atomic mass is 9.76. The van der Waals surface area contributed by atoms with Crippen molar-refractivity contribution >= 4 is 35.1 Å². The highest BCUT2D eigenvalue weighted by atomic mass is 35.5. The molecule has 3 rings (SSSR count). The summed E-state index contributed by atoms with van der Waals surface area (Å²) in [6.07, 6.45) is 1.80. The van der Waals surface area contributed by atoms with Crippen LogP contribution in [-0.4, -0.2) is 32.3 Å². The molecule has 1 heterocycles. The second-order valence-corrected chi connectivity index (χ2v) is 7.47. The molecule has 0 saturated heterocycles. The van der Waals surface area contributed by atoms with Gasteiger partial charge in [-0.15, -0.1) is 0 Å². The molecule has 0 bridgehead atoms. The van der Waals surface area contributed by atoms with Crippen molar-refractivity contribution in [1.82, 2.24) is 15.1 Å². The molecular weight excluding hydrogens is 377 g/mol. The van der Waals surface area contributed by atoms with Gasteiger partial charge in [0.05, 0.1) is 22.8 Å². The Morgan fingerprint density at radius 2 is 2.00 bits per heavy atom. The van der Waals surface area contributed by atoms with Crippen molar-refractivity contribution in [1.29, 1.82) is 0 Å². The average molecular weight is 396 g/mol. The molecule has 0 aliphatic heterocycles. The summed E-state index contributed by atoms with van der Waals surface area (Å²) in [7, 11) is 0. The molecule has 1 fully saturated rings. The van der Waals surface area contributed by atoms with Crippen molar-refractivity contribution in [3.8, 4) is 5.69 Å². The summed E-state index contributed by atoms with van der Waals surface area (Å²) in [5.74, 6) is -1.30. The van der Waals surface area contributed by atoms with Gasteiger partial charge in [0.2, 0.25) is 5.91 Å². The van der Waals surface area contributed by atoms with E-state index in [1.54, 1.807) is 22.9 Å². The number of benzene rings is 1. The summed E-state index contributed by atoms with van der Waals surface area (Å²) < 4.78 is 1.67. The van der Waals surface area contributed by atoms with E-state index in [4.69, 9.17) is 23.2 Å². The summed E-state index contributed by atoms with van der Waals surface area (Å²) in [6.45, 7) is 3.66. The molecule has 8 heteroatoms. The number of halogens is 2. The highest BCUT2D eigenvalue weighted by Gasteiger charge is 2.45. The molecule has 26 heavy (non-hydrogen) atoms. The van der Waals surface area contributed by atoms with E-state index in [1.165, 1.54) is 0 Å². The summed E-state index contributed by atoms with van der Waals surface area (Å²) >= 11 is 12.2. The lowest BCUT2D eigenvalue weighted by Crippen LogP contribution is -2.59. The predicted octanol–water partition coefficient (Wildman–Crippen LogP) is 3.46. The first-order valence-corrected chi connectivity index (χ1v) is 9.04. The maximum atomic E-state index is 12.4. The largest absolute Gasteiger partial charge is 0.480 e. The molecule has 138 valence electrons. The zero-order chi connectivity index (χ0) is 19.1. The number of nitrogens with zero attached hydrogens (tertiary/aromatic N) is 2. The molecule has 1 aromatic heterocycles. The third-order valence-electron chi connectivity index (χ3n) is 4.91. The Bertz CT molecular complexity index is 888. The minimum absolute atomic E-state index is 0.0674. The van der Waals surface area contributed by atoms with E-state index in [0.717, 1.165) is 17.7 Å². The fourth-order valence-corrected chi connectivity index (χ4v) is 3.70. The van der Waals surface area contributed by atoms with Gasteiger partial charge in [-0.25, -0.2) is 9.48 Å². The van der Waals surface area contributed by atoms with Crippen LogP contribution in [0.1, 0.15) is 36.2 Å². The predicted molar refractivity (Wildman–Crippen MR) is 99.1 cm³/mol. The monoisotopic (exact) mass is 395 g/mol. The smallest absolute Gasteiger partial charge is 0.329 e. The van der Waals surface area contributed by atoms with E-state index in [2.05, 4.69) is 10.4 Å². The van der Waals surface area contributed by atoms with Gasteiger partial charge in [-0.1, -0.05) is 23.2 Å². The van der Waals surface area contributed by atoms with Crippen LogP contribution in [-0.2, 0) is 16.0 Å². The van der Waals surface area contributed by atoms with Crippen LogP contribution in [0.3, 0.4) is 0 Å². The summed E-state index contributed by atoms with van der Waals surface area (Å²) in [5.41, 5.74) is 1.79. The molecule has 2 N–H and O–H groups in total. The standard InChI is InChI=1S/C18H19Cl2N3O3/c1-10-13(9-16(24)21-18(17(25)26)6-3-7-18)11(2)23(22-10)15-5-4-12(19)8-14(15)20/h4-5,8H,3,6-7,9H2,1-2H3,(H,21,24)(H,25,26). The second-order valence-electron chi connectivity index (χ2n) is 6.62. The maximum Gasteiger partial charge on any atom is 0.329 e. The number of amides is 1. The Hall–Kier alpha value is -2.05. The van der Waals surface area contributed by atoms with Crippen molar-refractivity contribution in [2.75, 3.05) is 0 Å². The maximum absolute atomic E-state index is 12.4. The number of hydrogen-bond donors (Lipinski definition) is 2. The highest BCUT2D eigenvalue weighted by Crippen LogP contribution is 2.32. The minimum atomic E-state index is -1.12. The van der Waals surface area contributed by atoms with Crippen molar-refractivity contribution in [3.63, 3.8) is 0 Å². The molecule has 1 aliphatic rings. The SMILES string of the molecule is Cc1nn(-c2ccc(Cl)cc2Cl)c(C)c1CC(=O)NC1(C(=O)O)CCC1. The van der Waals surface area contributed by atoms with Crippen LogP contribution in [0.4, 0.5) is 0 Å². The van der Waals surface area contributed by atoms with Crippen molar-refractivity contribution < 1.29 is 14.7 Å². The molecule has 1 aromatic carbocycles. The van der Waals surface area contributed by atoms with Crippen LogP contribution in [0.15, 0.2) is 18.2 Å². The van der Waals surface area contributed by atoms with Crippen LogP contribution in [0.5, 0.6) is 0 Å². The number of carboxylic acid groups (broad SMARTS) is 1. The lowest BCUT2D eigenvalue weighted by molar-refractivity contribution is -0.151. The van der Waals surface area contributed by atoms with Gasteiger partial charge in [-0.2, -0.15) is 5.10 Å². The van der Waals surface area contributed by atoms with Gasteiger partial charge >= 0.3 is 5.97 Å². The summed E-state index contributed by atoms with van der Waals surface area (Å²) in [6, 6.07) is 5.12. The molecule has 0 spiro atoms. The number of carbonyl (C=O) groups is 2. The van der Waals surface area contributed by atoms with Crippen molar-refractivity contribution in [3.05, 3.63) is 45.2 Å². The first kappa shape index (κ1) is 18.7. The number of nitrogens with one attached hydrogen (secondary N) is 1. The average Bonchev–Trinajstić information content (AvgIpc) is 2.78. The number of carbonyl (C=O) groups excluding carboxylic acids is 1. The van der Waals surface area contributed by atoms with Crippen LogP contribution in [0.25, 0.3) is 5.69 Å². The molecule has 0 radical (unpaired) electrons. The van der Waals surface area contributed by atoms with E-state index < -0.39 is 11.5 Å². The Morgan fingerprint density at radius 3 is 2.54 bits per heavy atom. The molecular formula is C18H19Cl2N3O3. The Morgan fingerprint density at radius 1 is 1.31 bits per heavy atom. The number of aliphatic carboxylic acids is 1. The molecule has 1 aliphatic carbocycles. The van der Waals surface area contributed by atoms with Gasteiger partial charge < -0.3 is 10.4 Å². The van der Waals surface area contributed by atoms with Gasteiger partial charge in [-0.05, 0) is 51.3 Å². The quantitative estimate of drug-likeness (QED) is 0.811. The van der Waals surface area contributed by atoms with E-state index in [0.29, 0.717) is 34.3 Å². The van der Waals surface area contributed by atoms with Crippen LogP contribution in [0.2, 0.25) is 10.0 Å². The van der Waals surface area contributed by atoms with Gasteiger partial charge in [0.25, 0.3) is 0 Å². The molecule has 1 saturated carbocycles. The Balaban J connectivity index is 1.84. The highest BCUT2D eigenvalue weighted by molar-refractivity contribution is 6.35. The number of aryl methyl sites for hydroxylation is 1. The van der Waals surface area contributed by atoms with Gasteiger partial charge in [-0.3, -0.25) is 4.79 Å². The normalized spacial score (nSPS) is 15.4. The van der Waals surface area contributed by atoms with E-state index in [9.17, 15) is 14.7 Å². The summed E-state index contributed by atoms with van der Waals surface area (Å²) in [4.78, 5) is 23.9. The van der Waals surface area contributed by atoms with Gasteiger partial charge in [0, 0.05) is 16.3 Å². The first-order valence-electron chi connectivity index (χ1n) is 8.28. The van der Waals surface area contributed by atoms with E-state index >= 15 is 0 Å². The number of carboxylic acids is 1. The fourth-order valence-electron chi connectivity index (χ4n) is 3.21. The topological polar surface area (TPSA) is 84.2 Å². The van der Waals surface area contributed by atoms with Crippen LogP contribution >= 0.6 is 23.2 Å². The number of hydrogen-bond acceptors (Lipinski definition) is 3. The van der Waals surface area contributed by atoms with Crippen LogP contribution < -0.4 is 5.32 Å². The van der Waals surface area contributed by atoms with Gasteiger partial charge in [0.15, 0.2) is 0 Å². The lowest BCUT2D eigenvalue weighted by Gasteiger charge is -2.38. The zero-order valence-electron chi connectivity index (χ0n) is 14.5. The molecule has 6 nitrogen and oxygen atoms in total. The first-order chi connectivity index (χ1) is 12.2. The third-order valence-corrected chi connectivity index (χ3v) is 5.45. The third kappa shape index (κ3) is 3.31.